The van der Waals surface area contributed by atoms with E-state index < -0.39 is 5.91 Å². The van der Waals surface area contributed by atoms with Gasteiger partial charge in [0.05, 0.1) is 7.11 Å². The number of amides is 1. The van der Waals surface area contributed by atoms with E-state index >= 15 is 0 Å². The third-order valence-corrected chi connectivity index (χ3v) is 2.95. The van der Waals surface area contributed by atoms with E-state index in [1.54, 1.807) is 60.7 Å². The van der Waals surface area contributed by atoms with E-state index in [-0.39, 0.29) is 11.3 Å². The highest BCUT2D eigenvalue weighted by molar-refractivity contribution is 6.11. The highest BCUT2D eigenvalue weighted by atomic mass is 16.5. The van der Waals surface area contributed by atoms with Gasteiger partial charge in [0, 0.05) is 17.3 Å². The Kier molecular flexibility index (Phi) is 4.78. The normalized spacial score (nSPS) is 11.1. The Bertz CT molecular complexity index is 746. The third kappa shape index (κ3) is 3.44. The first-order valence-electron chi connectivity index (χ1n) is 6.50. The highest BCUT2D eigenvalue weighted by Gasteiger charge is 2.16. The molecule has 0 aliphatic heterocycles. The Labute approximate surface area is 128 Å². The van der Waals surface area contributed by atoms with Gasteiger partial charge in [0.25, 0.3) is 5.91 Å². The van der Waals surface area contributed by atoms with Crippen LogP contribution < -0.4 is 10.1 Å². The number of hydrogen-bond acceptors (Lipinski definition) is 4. The number of methoxy groups -OCH3 is 1. The fraction of sp³-hybridized carbons (Fsp3) is 0.0588. The molecule has 0 aliphatic rings. The quantitative estimate of drug-likeness (QED) is 0.515. The molecule has 0 spiro atoms. The Morgan fingerprint density at radius 2 is 1.91 bits per heavy atom. The number of aliphatic hydroxyl groups is 1. The lowest BCUT2D eigenvalue weighted by Crippen LogP contribution is -2.15. The second kappa shape index (κ2) is 6.95. The molecule has 0 fully saturated rings. The molecule has 1 amide bonds. The van der Waals surface area contributed by atoms with E-state index in [1.165, 1.54) is 7.11 Å². The molecule has 2 aromatic carbocycles. The molecule has 2 rings (SSSR count). The number of carbonyl (C=O) groups is 1. The Morgan fingerprint density at radius 3 is 2.55 bits per heavy atom. The van der Waals surface area contributed by atoms with E-state index in [4.69, 9.17) is 10.00 Å². The van der Waals surface area contributed by atoms with Gasteiger partial charge in [-0.05, 0) is 12.1 Å². The van der Waals surface area contributed by atoms with Crippen molar-refractivity contribution in [2.75, 3.05) is 12.4 Å². The number of nitriles is 1. The van der Waals surface area contributed by atoms with Crippen LogP contribution in [0, 0.1) is 11.3 Å². The second-order valence-electron chi connectivity index (χ2n) is 4.39. The summed E-state index contributed by atoms with van der Waals surface area (Å²) in [6.07, 6.45) is 0. The fourth-order valence-corrected chi connectivity index (χ4v) is 1.85. The van der Waals surface area contributed by atoms with Crippen LogP contribution >= 0.6 is 0 Å². The van der Waals surface area contributed by atoms with Crippen molar-refractivity contribution in [2.45, 2.75) is 0 Å². The first-order valence-corrected chi connectivity index (χ1v) is 6.50. The number of ether oxygens (including phenoxy) is 1. The zero-order valence-electron chi connectivity index (χ0n) is 11.9. The lowest BCUT2D eigenvalue weighted by molar-refractivity contribution is -0.112. The van der Waals surface area contributed by atoms with Crippen molar-refractivity contribution < 1.29 is 14.6 Å². The summed E-state index contributed by atoms with van der Waals surface area (Å²) in [5, 5.41) is 21.8. The predicted octanol–water partition coefficient (Wildman–Crippen LogP) is 3.13. The van der Waals surface area contributed by atoms with Gasteiger partial charge in [0.2, 0.25) is 0 Å². The zero-order valence-corrected chi connectivity index (χ0v) is 11.9. The lowest BCUT2D eigenvalue weighted by Gasteiger charge is -2.08. The molecule has 22 heavy (non-hydrogen) atoms. The smallest absolute Gasteiger partial charge is 0.270 e. The standard InChI is InChI=1S/C17H14N2O3/c1-22-14-9-5-8-13(10-14)19-17(21)15(11-18)16(20)12-6-3-2-4-7-12/h2-10,20H,1H3,(H,19,21)/b16-15-. The lowest BCUT2D eigenvalue weighted by atomic mass is 10.1. The van der Waals surface area contributed by atoms with Crippen molar-refractivity contribution in [1.82, 2.24) is 0 Å². The Hall–Kier alpha value is -3.26. The summed E-state index contributed by atoms with van der Waals surface area (Å²) in [6, 6.07) is 16.9. The van der Waals surface area contributed by atoms with E-state index in [0.29, 0.717) is 17.0 Å². The first kappa shape index (κ1) is 15.1. The summed E-state index contributed by atoms with van der Waals surface area (Å²) in [6.45, 7) is 0. The molecule has 0 saturated carbocycles. The van der Waals surface area contributed by atoms with E-state index in [0.717, 1.165) is 0 Å². The van der Waals surface area contributed by atoms with E-state index in [2.05, 4.69) is 5.32 Å². The molecule has 2 N–H and O–H groups in total. The molecule has 110 valence electrons. The monoisotopic (exact) mass is 294 g/mol. The topological polar surface area (TPSA) is 82.3 Å². The number of anilines is 1. The molecule has 2 aromatic rings. The van der Waals surface area contributed by atoms with Crippen molar-refractivity contribution in [3.05, 3.63) is 65.7 Å². The molecule has 0 unspecified atom stereocenters. The molecule has 0 bridgehead atoms. The van der Waals surface area contributed by atoms with E-state index in [9.17, 15) is 9.90 Å². The molecule has 0 atom stereocenters. The van der Waals surface area contributed by atoms with Crippen molar-refractivity contribution >= 4 is 17.4 Å². The molecule has 0 aliphatic carbocycles. The van der Waals surface area contributed by atoms with Crippen LogP contribution in [-0.2, 0) is 4.79 Å². The number of aliphatic hydroxyl groups excluding tert-OH is 1. The summed E-state index contributed by atoms with van der Waals surface area (Å²) >= 11 is 0. The summed E-state index contributed by atoms with van der Waals surface area (Å²) in [4.78, 5) is 12.2. The zero-order chi connectivity index (χ0) is 15.9. The van der Waals surface area contributed by atoms with Crippen LogP contribution in [0.4, 0.5) is 5.69 Å². The molecule has 0 aromatic heterocycles. The van der Waals surface area contributed by atoms with Crippen molar-refractivity contribution in [3.8, 4) is 11.8 Å². The maximum Gasteiger partial charge on any atom is 0.270 e. The SMILES string of the molecule is COc1cccc(NC(=O)/C(C#N)=C(\O)c2ccccc2)c1. The van der Waals surface area contributed by atoms with E-state index in [1.807, 2.05) is 0 Å². The van der Waals surface area contributed by atoms with Gasteiger partial charge in [-0.1, -0.05) is 36.4 Å². The number of benzene rings is 2. The largest absolute Gasteiger partial charge is 0.506 e. The van der Waals surface area contributed by atoms with Gasteiger partial charge < -0.3 is 15.2 Å². The average Bonchev–Trinajstić information content (AvgIpc) is 2.56. The Balaban J connectivity index is 2.28. The number of nitrogens with zero attached hydrogens (tertiary/aromatic N) is 1. The van der Waals surface area contributed by atoms with Crippen LogP contribution in [0.2, 0.25) is 0 Å². The van der Waals surface area contributed by atoms with Gasteiger partial charge >= 0.3 is 0 Å². The number of rotatable bonds is 4. The molecule has 5 heteroatoms. The minimum absolute atomic E-state index is 0.353. The number of carbonyl (C=O) groups excluding carboxylic acids is 1. The molecular formula is C17H14N2O3. The molecule has 0 saturated heterocycles. The highest BCUT2D eigenvalue weighted by Crippen LogP contribution is 2.20. The summed E-state index contributed by atoms with van der Waals surface area (Å²) in [7, 11) is 1.52. The molecule has 5 nitrogen and oxygen atoms in total. The first-order chi connectivity index (χ1) is 10.7. The fourth-order valence-electron chi connectivity index (χ4n) is 1.85. The number of nitrogens with one attached hydrogen (secondary N) is 1. The predicted molar refractivity (Wildman–Crippen MR) is 83.2 cm³/mol. The van der Waals surface area contributed by atoms with Crippen LogP contribution in [0.5, 0.6) is 5.75 Å². The maximum absolute atomic E-state index is 12.2. The van der Waals surface area contributed by atoms with Gasteiger partial charge in [0.1, 0.15) is 17.6 Å². The van der Waals surface area contributed by atoms with Gasteiger partial charge in [-0.3, -0.25) is 4.79 Å². The van der Waals surface area contributed by atoms with Gasteiger partial charge in [-0.25, -0.2) is 0 Å². The minimum Gasteiger partial charge on any atom is -0.506 e. The summed E-state index contributed by atoms with van der Waals surface area (Å²) in [5.41, 5.74) is 0.520. The molecular weight excluding hydrogens is 280 g/mol. The van der Waals surface area contributed by atoms with Crippen molar-refractivity contribution in [2.24, 2.45) is 0 Å². The van der Waals surface area contributed by atoms with Crippen LogP contribution in [0.1, 0.15) is 5.56 Å². The van der Waals surface area contributed by atoms with Gasteiger partial charge in [0.15, 0.2) is 5.57 Å². The molecule has 0 radical (unpaired) electrons. The maximum atomic E-state index is 12.2. The van der Waals surface area contributed by atoms with Gasteiger partial charge in [-0.2, -0.15) is 5.26 Å². The van der Waals surface area contributed by atoms with Crippen molar-refractivity contribution in [3.63, 3.8) is 0 Å². The van der Waals surface area contributed by atoms with Crippen LogP contribution in [0.3, 0.4) is 0 Å². The summed E-state index contributed by atoms with van der Waals surface area (Å²) in [5.74, 6) is -0.465. The minimum atomic E-state index is -0.683. The molecule has 0 heterocycles. The van der Waals surface area contributed by atoms with Crippen LogP contribution in [0.25, 0.3) is 5.76 Å². The Morgan fingerprint density at radius 1 is 1.18 bits per heavy atom. The average molecular weight is 294 g/mol. The van der Waals surface area contributed by atoms with Crippen LogP contribution in [0.15, 0.2) is 60.2 Å². The number of hydrogen-bond donors (Lipinski definition) is 2. The van der Waals surface area contributed by atoms with Crippen LogP contribution in [-0.4, -0.2) is 18.1 Å². The van der Waals surface area contributed by atoms with Crippen molar-refractivity contribution in [1.29, 1.82) is 5.26 Å². The van der Waals surface area contributed by atoms with Gasteiger partial charge in [-0.15, -0.1) is 0 Å². The third-order valence-electron chi connectivity index (χ3n) is 2.95. The second-order valence-corrected chi connectivity index (χ2v) is 4.39. The summed E-state index contributed by atoms with van der Waals surface area (Å²) < 4.78 is 5.06.